The summed E-state index contributed by atoms with van der Waals surface area (Å²) in [6, 6.07) is 12.8. The monoisotopic (exact) mass is 476 g/mol. The Kier molecular flexibility index (Phi) is 7.75. The number of para-hydroxylation sites is 1. The van der Waals surface area contributed by atoms with Crippen LogP contribution < -0.4 is 5.43 Å². The normalized spacial score (nSPS) is 13.6. The zero-order chi connectivity index (χ0) is 24.8. The van der Waals surface area contributed by atoms with Gasteiger partial charge in [0.15, 0.2) is 5.43 Å². The minimum atomic E-state index is -0.374. The summed E-state index contributed by atoms with van der Waals surface area (Å²) in [7, 11) is 0. The van der Waals surface area contributed by atoms with Crippen LogP contribution in [0.25, 0.3) is 11.0 Å². The summed E-state index contributed by atoms with van der Waals surface area (Å²) in [5, 5.41) is 0.434. The van der Waals surface area contributed by atoms with Gasteiger partial charge in [-0.3, -0.25) is 14.4 Å². The maximum atomic E-state index is 13.5. The Morgan fingerprint density at radius 1 is 1.03 bits per heavy atom. The lowest BCUT2D eigenvalue weighted by atomic mass is 10.1. The van der Waals surface area contributed by atoms with Crippen LogP contribution in [0.4, 0.5) is 4.39 Å². The van der Waals surface area contributed by atoms with E-state index < -0.39 is 0 Å². The van der Waals surface area contributed by atoms with E-state index in [1.165, 1.54) is 28.2 Å². The summed E-state index contributed by atoms with van der Waals surface area (Å²) in [5.41, 5.74) is 1.30. The lowest BCUT2D eigenvalue weighted by molar-refractivity contribution is -0.143. The van der Waals surface area contributed by atoms with Crippen LogP contribution >= 0.6 is 0 Å². The zero-order valence-electron chi connectivity index (χ0n) is 19.6. The number of amides is 2. The predicted molar refractivity (Wildman–Crippen MR) is 132 cm³/mol. The standard InChI is InChI=1S/C28H29FN2O4/c1-2-15-30(28(34)21-7-3-4-8-21)18-26(32)31(16-20-11-13-23(29)14-12-20)17-22-19-35-25-10-6-5-9-24(25)27(22)33/h2,5-6,9-14,19,21H,1,3-4,7-8,15-18H2. The molecule has 0 N–H and O–H groups in total. The highest BCUT2D eigenvalue weighted by Crippen LogP contribution is 2.26. The van der Waals surface area contributed by atoms with E-state index in [9.17, 15) is 18.8 Å². The van der Waals surface area contributed by atoms with Crippen LogP contribution in [0.3, 0.4) is 0 Å². The van der Waals surface area contributed by atoms with E-state index in [4.69, 9.17) is 4.42 Å². The van der Waals surface area contributed by atoms with E-state index in [-0.39, 0.29) is 55.2 Å². The van der Waals surface area contributed by atoms with Gasteiger partial charge in [-0.05, 0) is 42.7 Å². The van der Waals surface area contributed by atoms with Crippen LogP contribution in [-0.2, 0) is 22.7 Å². The maximum absolute atomic E-state index is 13.5. The van der Waals surface area contributed by atoms with Gasteiger partial charge in [-0.15, -0.1) is 6.58 Å². The molecule has 182 valence electrons. The minimum absolute atomic E-state index is 0.00290. The maximum Gasteiger partial charge on any atom is 0.242 e. The molecule has 2 aromatic carbocycles. The van der Waals surface area contributed by atoms with Gasteiger partial charge in [0.1, 0.15) is 17.9 Å². The highest BCUT2D eigenvalue weighted by Gasteiger charge is 2.29. The van der Waals surface area contributed by atoms with Gasteiger partial charge >= 0.3 is 0 Å². The van der Waals surface area contributed by atoms with Crippen molar-refractivity contribution in [3.8, 4) is 0 Å². The van der Waals surface area contributed by atoms with Gasteiger partial charge in [0.05, 0.1) is 23.8 Å². The third kappa shape index (κ3) is 5.85. The molecule has 4 rings (SSSR count). The summed E-state index contributed by atoms with van der Waals surface area (Å²) < 4.78 is 19.1. The number of hydrogen-bond acceptors (Lipinski definition) is 4. The smallest absolute Gasteiger partial charge is 0.242 e. The first-order chi connectivity index (χ1) is 17.0. The van der Waals surface area contributed by atoms with E-state index >= 15 is 0 Å². The van der Waals surface area contributed by atoms with E-state index in [0.29, 0.717) is 22.1 Å². The van der Waals surface area contributed by atoms with E-state index in [1.54, 1.807) is 42.5 Å². The molecule has 0 radical (unpaired) electrons. The lowest BCUT2D eigenvalue weighted by Gasteiger charge is -2.28. The molecule has 7 heteroatoms. The minimum Gasteiger partial charge on any atom is -0.464 e. The molecule has 1 heterocycles. The second kappa shape index (κ2) is 11.1. The van der Waals surface area contributed by atoms with Crippen molar-refractivity contribution in [1.82, 2.24) is 9.80 Å². The van der Waals surface area contributed by atoms with Crippen LogP contribution in [0.1, 0.15) is 36.8 Å². The van der Waals surface area contributed by atoms with Crippen LogP contribution in [0.2, 0.25) is 0 Å². The summed E-state index contributed by atoms with van der Waals surface area (Å²) in [4.78, 5) is 42.6. The van der Waals surface area contributed by atoms with Crippen molar-refractivity contribution in [2.75, 3.05) is 13.1 Å². The molecular weight excluding hydrogens is 447 g/mol. The number of carbonyl (C=O) groups excluding carboxylic acids is 2. The predicted octanol–water partition coefficient (Wildman–Crippen LogP) is 4.67. The number of carbonyl (C=O) groups is 2. The summed E-state index contributed by atoms with van der Waals surface area (Å²) >= 11 is 0. The Labute approximate surface area is 203 Å². The van der Waals surface area contributed by atoms with Gasteiger partial charge in [-0.1, -0.05) is 43.2 Å². The van der Waals surface area contributed by atoms with Crippen LogP contribution in [-0.4, -0.2) is 34.7 Å². The fourth-order valence-corrected chi connectivity index (χ4v) is 4.56. The fraction of sp³-hybridized carbons (Fsp3) is 0.321. The Balaban J connectivity index is 1.60. The number of benzene rings is 2. The largest absolute Gasteiger partial charge is 0.464 e. The molecule has 1 aliphatic rings. The van der Waals surface area contributed by atoms with Gasteiger partial charge < -0.3 is 14.2 Å². The SMILES string of the molecule is C=CCN(CC(=O)N(Cc1ccc(F)cc1)Cc1coc2ccccc2c1=O)C(=O)C1CCCC1. The Bertz CT molecular complexity index is 1260. The number of halogens is 1. The Morgan fingerprint density at radius 2 is 1.74 bits per heavy atom. The molecule has 0 bridgehead atoms. The highest BCUT2D eigenvalue weighted by molar-refractivity contribution is 5.86. The first-order valence-corrected chi connectivity index (χ1v) is 11.9. The summed E-state index contributed by atoms with van der Waals surface area (Å²) in [5.74, 6) is -0.792. The average molecular weight is 477 g/mol. The van der Waals surface area contributed by atoms with Crippen molar-refractivity contribution in [1.29, 1.82) is 0 Å². The molecule has 0 spiro atoms. The van der Waals surface area contributed by atoms with Crippen molar-refractivity contribution in [3.05, 3.63) is 94.6 Å². The first kappa shape index (κ1) is 24.4. The van der Waals surface area contributed by atoms with Crippen molar-refractivity contribution >= 4 is 22.8 Å². The van der Waals surface area contributed by atoms with Crippen LogP contribution in [0.5, 0.6) is 0 Å². The molecule has 6 nitrogen and oxygen atoms in total. The Hall–Kier alpha value is -3.74. The molecule has 2 amide bonds. The molecule has 1 aliphatic carbocycles. The third-order valence-corrected chi connectivity index (χ3v) is 6.44. The van der Waals surface area contributed by atoms with Crippen molar-refractivity contribution in [3.63, 3.8) is 0 Å². The Morgan fingerprint density at radius 3 is 2.46 bits per heavy atom. The fourth-order valence-electron chi connectivity index (χ4n) is 4.56. The van der Waals surface area contributed by atoms with Gasteiger partial charge in [0, 0.05) is 19.0 Å². The first-order valence-electron chi connectivity index (χ1n) is 11.9. The van der Waals surface area contributed by atoms with Gasteiger partial charge in [-0.25, -0.2) is 4.39 Å². The average Bonchev–Trinajstić information content (AvgIpc) is 3.41. The molecule has 3 aromatic rings. The molecule has 0 atom stereocenters. The molecule has 0 aliphatic heterocycles. The van der Waals surface area contributed by atoms with Gasteiger partial charge in [-0.2, -0.15) is 0 Å². The lowest BCUT2D eigenvalue weighted by Crippen LogP contribution is -2.44. The van der Waals surface area contributed by atoms with E-state index in [2.05, 4.69) is 6.58 Å². The zero-order valence-corrected chi connectivity index (χ0v) is 19.6. The van der Waals surface area contributed by atoms with Crippen molar-refractivity contribution in [2.24, 2.45) is 5.92 Å². The molecule has 1 fully saturated rings. The van der Waals surface area contributed by atoms with Crippen molar-refractivity contribution in [2.45, 2.75) is 38.8 Å². The number of hydrogen-bond donors (Lipinski definition) is 0. The molecule has 0 unspecified atom stereocenters. The van der Waals surface area contributed by atoms with Crippen LogP contribution in [0, 0.1) is 11.7 Å². The molecule has 35 heavy (non-hydrogen) atoms. The number of rotatable bonds is 9. The topological polar surface area (TPSA) is 70.8 Å². The second-order valence-corrected chi connectivity index (χ2v) is 8.95. The second-order valence-electron chi connectivity index (χ2n) is 8.95. The number of fused-ring (bicyclic) bond motifs is 1. The highest BCUT2D eigenvalue weighted by atomic mass is 19.1. The quantitative estimate of drug-likeness (QED) is 0.421. The molecule has 1 aromatic heterocycles. The van der Waals surface area contributed by atoms with Gasteiger partial charge in [0.2, 0.25) is 11.8 Å². The number of nitrogens with zero attached hydrogens (tertiary/aromatic N) is 2. The molecule has 0 saturated heterocycles. The van der Waals surface area contributed by atoms with E-state index in [1.807, 2.05) is 0 Å². The molecule has 1 saturated carbocycles. The van der Waals surface area contributed by atoms with Gasteiger partial charge in [0.25, 0.3) is 0 Å². The van der Waals surface area contributed by atoms with Crippen molar-refractivity contribution < 1.29 is 18.4 Å². The summed E-state index contributed by atoms with van der Waals surface area (Å²) in [6.07, 6.45) is 6.68. The molecular formula is C28H29FN2O4. The van der Waals surface area contributed by atoms with E-state index in [0.717, 1.165) is 25.7 Å². The van der Waals surface area contributed by atoms with Crippen LogP contribution in [0.15, 0.2) is 76.7 Å². The summed E-state index contributed by atoms with van der Waals surface area (Å²) in [6.45, 7) is 4.04. The third-order valence-electron chi connectivity index (χ3n) is 6.44.